The number of aliphatic hydroxyl groups excluding tert-OH is 1. The zero-order valence-corrected chi connectivity index (χ0v) is 18.6. The molecule has 2 atom stereocenters. The van der Waals surface area contributed by atoms with E-state index in [-0.39, 0.29) is 24.9 Å². The molecule has 1 saturated heterocycles. The van der Waals surface area contributed by atoms with E-state index >= 15 is 0 Å². The topological polar surface area (TPSA) is 126 Å². The molecule has 0 aliphatic carbocycles. The van der Waals surface area contributed by atoms with E-state index in [1.807, 2.05) is 29.1 Å². The molecule has 1 aliphatic heterocycles. The van der Waals surface area contributed by atoms with Crippen LogP contribution in [0.5, 0.6) is 0 Å². The summed E-state index contributed by atoms with van der Waals surface area (Å²) in [6, 6.07) is 5.81. The number of carbonyl (C=O) groups excluding carboxylic acids is 1. The third-order valence-electron chi connectivity index (χ3n) is 5.65. The first kappa shape index (κ1) is 21.8. The molecule has 4 aromatic heterocycles. The fourth-order valence-corrected chi connectivity index (χ4v) is 3.89. The van der Waals surface area contributed by atoms with Gasteiger partial charge in [-0.25, -0.2) is 9.97 Å². The van der Waals surface area contributed by atoms with Gasteiger partial charge in [-0.1, -0.05) is 0 Å². The summed E-state index contributed by atoms with van der Waals surface area (Å²) in [4.78, 5) is 31.9. The normalized spacial score (nSPS) is 18.1. The molecule has 5 rings (SSSR count). The maximum atomic E-state index is 13.1. The number of carbonyl (C=O) groups is 1. The molecule has 0 radical (unpaired) electrons. The fraction of sp³-hybridized carbons (Fsp3) is 0.318. The summed E-state index contributed by atoms with van der Waals surface area (Å²) in [6.45, 7) is 4.31. The minimum Gasteiger partial charge on any atom is -0.391 e. The van der Waals surface area contributed by atoms with Crippen LogP contribution in [-0.4, -0.2) is 58.6 Å². The van der Waals surface area contributed by atoms with Crippen molar-refractivity contribution in [2.75, 3.05) is 22.1 Å². The monoisotopic (exact) mass is 465 g/mol. The summed E-state index contributed by atoms with van der Waals surface area (Å²) in [5, 5.41) is 16.3. The van der Waals surface area contributed by atoms with E-state index < -0.39 is 18.1 Å². The van der Waals surface area contributed by atoms with E-state index in [1.54, 1.807) is 15.6 Å². The van der Waals surface area contributed by atoms with E-state index in [0.717, 1.165) is 0 Å². The number of β-amino-alcohol motifs (C(OH)–C–C–N with tert-alkyl or cyclic N) is 1. The van der Waals surface area contributed by atoms with Crippen LogP contribution in [0.25, 0.3) is 5.65 Å². The van der Waals surface area contributed by atoms with Gasteiger partial charge < -0.3 is 25.2 Å². The number of hydrogen-bond donors (Lipinski definition) is 3. The number of aromatic nitrogens is 6. The molecule has 1 fully saturated rings. The number of rotatable bonds is 6. The van der Waals surface area contributed by atoms with Crippen LogP contribution in [0.1, 0.15) is 26.3 Å². The van der Waals surface area contributed by atoms with Crippen molar-refractivity contribution in [1.29, 1.82) is 0 Å². The highest BCUT2D eigenvalue weighted by Gasteiger charge is 2.38. The summed E-state index contributed by atoms with van der Waals surface area (Å²) in [7, 11) is 0. The predicted octanol–water partition coefficient (Wildman–Crippen LogP) is 2.36. The van der Waals surface area contributed by atoms with Crippen molar-refractivity contribution in [3.05, 3.63) is 55.1 Å². The van der Waals surface area contributed by atoms with Gasteiger partial charge in [-0.05, 0) is 38.1 Å². The van der Waals surface area contributed by atoms with Gasteiger partial charge in [0.05, 0.1) is 24.3 Å². The van der Waals surface area contributed by atoms with Crippen molar-refractivity contribution in [3.8, 4) is 0 Å². The molecule has 0 unspecified atom stereocenters. The number of amides is 1. The number of hydrogen-bond acceptors (Lipinski definition) is 8. The molecule has 176 valence electrons. The molecule has 0 spiro atoms. The molecular formula is C22H24FN9O2. The Morgan fingerprint density at radius 1 is 1.24 bits per heavy atom. The second-order valence-corrected chi connectivity index (χ2v) is 8.43. The van der Waals surface area contributed by atoms with Gasteiger partial charge in [-0.2, -0.15) is 14.4 Å². The molecule has 1 aliphatic rings. The lowest BCUT2D eigenvalue weighted by Gasteiger charge is -2.24. The average Bonchev–Trinajstić information content (AvgIpc) is 3.54. The summed E-state index contributed by atoms with van der Waals surface area (Å²) < 4.78 is 16.9. The van der Waals surface area contributed by atoms with E-state index in [1.165, 1.54) is 18.3 Å². The van der Waals surface area contributed by atoms with Gasteiger partial charge in [-0.3, -0.25) is 9.20 Å². The van der Waals surface area contributed by atoms with Gasteiger partial charge in [-0.15, -0.1) is 0 Å². The molecule has 0 saturated carbocycles. The molecule has 0 aromatic carbocycles. The van der Waals surface area contributed by atoms with Gasteiger partial charge in [0, 0.05) is 31.4 Å². The third-order valence-corrected chi connectivity index (χ3v) is 5.65. The Morgan fingerprint density at radius 2 is 2.09 bits per heavy atom. The Bertz CT molecular complexity index is 1320. The lowest BCUT2D eigenvalue weighted by Crippen LogP contribution is -2.40. The lowest BCUT2D eigenvalue weighted by molar-refractivity contribution is -0.117. The first-order chi connectivity index (χ1) is 16.4. The Morgan fingerprint density at radius 3 is 2.82 bits per heavy atom. The largest absolute Gasteiger partial charge is 0.391 e. The Kier molecular flexibility index (Phi) is 5.57. The molecule has 34 heavy (non-hydrogen) atoms. The van der Waals surface area contributed by atoms with Crippen molar-refractivity contribution >= 4 is 35.0 Å². The van der Waals surface area contributed by atoms with Crippen molar-refractivity contribution in [2.45, 2.75) is 38.5 Å². The third kappa shape index (κ3) is 4.27. The lowest BCUT2D eigenvalue weighted by atomic mass is 10.2. The maximum absolute atomic E-state index is 13.1. The highest BCUT2D eigenvalue weighted by atomic mass is 19.1. The zero-order chi connectivity index (χ0) is 23.8. The predicted molar refractivity (Wildman–Crippen MR) is 123 cm³/mol. The fourth-order valence-electron chi connectivity index (χ4n) is 3.89. The number of halogens is 1. The quantitative estimate of drug-likeness (QED) is 0.371. The average molecular weight is 465 g/mol. The van der Waals surface area contributed by atoms with Crippen LogP contribution in [-0.2, 0) is 4.79 Å². The van der Waals surface area contributed by atoms with Crippen molar-refractivity contribution < 1.29 is 14.3 Å². The second-order valence-electron chi connectivity index (χ2n) is 8.43. The number of aliphatic hydroxyl groups is 1. The second kappa shape index (κ2) is 8.71. The molecule has 5 heterocycles. The summed E-state index contributed by atoms with van der Waals surface area (Å²) in [5.41, 5.74) is 0.984. The van der Waals surface area contributed by atoms with Crippen molar-refractivity contribution in [2.24, 2.45) is 0 Å². The summed E-state index contributed by atoms with van der Waals surface area (Å²) >= 11 is 0. The van der Waals surface area contributed by atoms with E-state index in [4.69, 9.17) is 0 Å². The van der Waals surface area contributed by atoms with Crippen LogP contribution < -0.4 is 15.5 Å². The molecule has 4 aromatic rings. The number of imidazole rings is 1. The van der Waals surface area contributed by atoms with Crippen molar-refractivity contribution in [3.63, 3.8) is 0 Å². The number of nitrogens with zero attached hydrogens (tertiary/aromatic N) is 7. The van der Waals surface area contributed by atoms with Crippen molar-refractivity contribution in [1.82, 2.24) is 28.9 Å². The first-order valence-electron chi connectivity index (χ1n) is 10.9. The smallest absolute Gasteiger partial charge is 0.247 e. The number of fused-ring (bicyclic) bond motifs is 1. The Hall–Kier alpha value is -4.06. The maximum Gasteiger partial charge on any atom is 0.247 e. The van der Waals surface area contributed by atoms with Crippen LogP contribution in [0.2, 0.25) is 0 Å². The molecule has 1 amide bonds. The highest BCUT2D eigenvalue weighted by molar-refractivity contribution is 5.97. The van der Waals surface area contributed by atoms with Crippen LogP contribution in [0.3, 0.4) is 0 Å². The number of anilines is 4. The molecule has 3 N–H and O–H groups in total. The number of nitrogens with one attached hydrogen (secondary N) is 2. The van der Waals surface area contributed by atoms with Gasteiger partial charge in [0.1, 0.15) is 11.7 Å². The van der Waals surface area contributed by atoms with E-state index in [0.29, 0.717) is 29.0 Å². The molecule has 0 bridgehead atoms. The van der Waals surface area contributed by atoms with Crippen LogP contribution in [0, 0.1) is 5.95 Å². The zero-order valence-electron chi connectivity index (χ0n) is 18.6. The molecule has 12 heteroatoms. The minimum absolute atomic E-state index is 0.193. The summed E-state index contributed by atoms with van der Waals surface area (Å²) in [6.07, 6.45) is 6.16. The number of pyridine rings is 1. The van der Waals surface area contributed by atoms with E-state index in [9.17, 15) is 14.3 Å². The highest BCUT2D eigenvalue weighted by Crippen LogP contribution is 2.27. The van der Waals surface area contributed by atoms with Crippen LogP contribution >= 0.6 is 0 Å². The van der Waals surface area contributed by atoms with Crippen LogP contribution in [0.15, 0.2) is 49.2 Å². The van der Waals surface area contributed by atoms with Gasteiger partial charge >= 0.3 is 0 Å². The van der Waals surface area contributed by atoms with Gasteiger partial charge in [0.2, 0.25) is 23.8 Å². The molecular weight excluding hydrogens is 441 g/mol. The van der Waals surface area contributed by atoms with E-state index in [2.05, 4.69) is 44.4 Å². The Labute approximate surface area is 194 Å². The Balaban J connectivity index is 1.44. The first-order valence-corrected chi connectivity index (χ1v) is 10.9. The standard InChI is InChI=1S/C22H24FN9O2/c1-13(2)30-11-18(25-12-30)27-21-29-22(28-19-4-3-7-31(19)21)32-10-15(33)8-16(32)20(34)26-14-5-6-17(23)24-9-14/h3-7,9,11-13,15-16,33H,8,10H2,1-2H3,(H,26,34)(H,27,28,29)/t15-,16-/m0/s1. The van der Waals surface area contributed by atoms with Gasteiger partial charge in [0.25, 0.3) is 0 Å². The SMILES string of the molecule is CC(C)n1cnc(Nc2nc(N3C[C@@H](O)C[C@H]3C(=O)Nc3ccc(F)nc3)nc3cccn23)c1. The molecule has 11 nitrogen and oxygen atoms in total. The van der Waals surface area contributed by atoms with Crippen LogP contribution in [0.4, 0.5) is 27.8 Å². The summed E-state index contributed by atoms with van der Waals surface area (Å²) in [5.74, 6) is 0.387. The minimum atomic E-state index is -0.730. The van der Waals surface area contributed by atoms with Gasteiger partial charge in [0.15, 0.2) is 5.82 Å².